The number of carbonyl (C=O) groups is 2. The molecule has 1 N–H and O–H groups in total. The summed E-state index contributed by atoms with van der Waals surface area (Å²) in [7, 11) is 0. The summed E-state index contributed by atoms with van der Waals surface area (Å²) in [4.78, 5) is 24.2. The van der Waals surface area contributed by atoms with Crippen molar-refractivity contribution in [3.63, 3.8) is 0 Å². The third-order valence-electron chi connectivity index (χ3n) is 3.49. The van der Waals surface area contributed by atoms with Crippen LogP contribution < -0.4 is 5.32 Å². The lowest BCUT2D eigenvalue weighted by molar-refractivity contribution is -0.116. The van der Waals surface area contributed by atoms with Gasteiger partial charge in [-0.2, -0.15) is 0 Å². The molecule has 1 heterocycles. The highest BCUT2D eigenvalue weighted by Gasteiger charge is 2.30. The second-order valence-electron chi connectivity index (χ2n) is 4.68. The highest BCUT2D eigenvalue weighted by molar-refractivity contribution is 6.16. The average Bonchev–Trinajstić information content (AvgIpc) is 2.75. The maximum absolute atomic E-state index is 12.5. The Balaban J connectivity index is 2.09. The van der Waals surface area contributed by atoms with Crippen LogP contribution in [0.25, 0.3) is 0 Å². The molecule has 0 saturated heterocycles. The van der Waals surface area contributed by atoms with E-state index in [4.69, 9.17) is 0 Å². The van der Waals surface area contributed by atoms with E-state index in [2.05, 4.69) is 5.32 Å². The summed E-state index contributed by atoms with van der Waals surface area (Å²) in [6.07, 6.45) is 0. The Kier molecular flexibility index (Phi) is 2.67. The first kappa shape index (κ1) is 11.7. The minimum absolute atomic E-state index is 0.0525. The van der Waals surface area contributed by atoms with E-state index in [0.717, 1.165) is 5.56 Å². The molecule has 1 atom stereocenters. The first-order valence-electron chi connectivity index (χ1n) is 6.22. The topological polar surface area (TPSA) is 46.2 Å². The monoisotopic (exact) mass is 251 g/mol. The number of para-hydroxylation sites is 1. The molecule has 0 radical (unpaired) electrons. The van der Waals surface area contributed by atoms with Gasteiger partial charge in [-0.1, -0.05) is 42.5 Å². The zero-order valence-electron chi connectivity index (χ0n) is 10.5. The smallest absolute Gasteiger partial charge is 0.231 e. The Morgan fingerprint density at radius 2 is 1.79 bits per heavy atom. The lowest BCUT2D eigenvalue weighted by Crippen LogP contribution is -2.10. The largest absolute Gasteiger partial charge is 0.325 e. The number of hydrogen-bond donors (Lipinski definition) is 1. The standard InChI is InChI=1S/C16H13NO2/c1-10-12-8-5-9-13(14(12)17-16(10)19)15(18)11-6-3-2-4-7-11/h2-10H,1H3,(H,17,19). The molecule has 0 spiro atoms. The molecule has 2 aromatic carbocycles. The summed E-state index contributed by atoms with van der Waals surface area (Å²) in [5.74, 6) is -0.311. The fraction of sp³-hybridized carbons (Fsp3) is 0.125. The van der Waals surface area contributed by atoms with Crippen LogP contribution in [-0.2, 0) is 4.79 Å². The van der Waals surface area contributed by atoms with E-state index in [1.165, 1.54) is 0 Å². The lowest BCUT2D eigenvalue weighted by Gasteiger charge is -2.07. The Morgan fingerprint density at radius 1 is 1.05 bits per heavy atom. The Bertz CT molecular complexity index is 662. The molecule has 1 amide bonds. The normalized spacial score (nSPS) is 16.9. The van der Waals surface area contributed by atoms with E-state index in [1.807, 2.05) is 37.3 Å². The highest BCUT2D eigenvalue weighted by atomic mass is 16.2. The fourth-order valence-corrected chi connectivity index (χ4v) is 2.38. The zero-order valence-corrected chi connectivity index (χ0v) is 10.5. The Hall–Kier alpha value is -2.42. The molecular weight excluding hydrogens is 238 g/mol. The summed E-state index contributed by atoms with van der Waals surface area (Å²) < 4.78 is 0. The van der Waals surface area contributed by atoms with Crippen LogP contribution in [0.1, 0.15) is 34.3 Å². The van der Waals surface area contributed by atoms with Gasteiger partial charge in [0.1, 0.15) is 0 Å². The Labute approximate surface area is 111 Å². The van der Waals surface area contributed by atoms with Crippen LogP contribution in [0.2, 0.25) is 0 Å². The van der Waals surface area contributed by atoms with Gasteiger partial charge in [0.25, 0.3) is 0 Å². The lowest BCUT2D eigenvalue weighted by atomic mass is 9.96. The van der Waals surface area contributed by atoms with Crippen LogP contribution in [0, 0.1) is 0 Å². The molecule has 1 aliphatic heterocycles. The van der Waals surface area contributed by atoms with Gasteiger partial charge in [-0.05, 0) is 18.6 Å². The van der Waals surface area contributed by atoms with Gasteiger partial charge in [0, 0.05) is 11.1 Å². The number of amides is 1. The van der Waals surface area contributed by atoms with Gasteiger partial charge in [-0.25, -0.2) is 0 Å². The van der Waals surface area contributed by atoms with Gasteiger partial charge >= 0.3 is 0 Å². The Morgan fingerprint density at radius 3 is 2.53 bits per heavy atom. The molecule has 3 heteroatoms. The third-order valence-corrected chi connectivity index (χ3v) is 3.49. The van der Waals surface area contributed by atoms with Gasteiger partial charge in [-0.3, -0.25) is 9.59 Å². The molecule has 2 aromatic rings. The van der Waals surface area contributed by atoms with Crippen LogP contribution in [0.5, 0.6) is 0 Å². The number of anilines is 1. The van der Waals surface area contributed by atoms with Gasteiger partial charge in [-0.15, -0.1) is 0 Å². The molecule has 19 heavy (non-hydrogen) atoms. The number of carbonyl (C=O) groups excluding carboxylic acids is 2. The number of rotatable bonds is 2. The molecular formula is C16H13NO2. The molecule has 0 fully saturated rings. The third kappa shape index (κ3) is 1.83. The van der Waals surface area contributed by atoms with Crippen molar-refractivity contribution in [1.29, 1.82) is 0 Å². The number of ketones is 1. The van der Waals surface area contributed by atoms with Crippen LogP contribution >= 0.6 is 0 Å². The van der Waals surface area contributed by atoms with Crippen molar-refractivity contribution in [2.75, 3.05) is 5.32 Å². The summed E-state index contributed by atoms with van der Waals surface area (Å²) in [5.41, 5.74) is 2.74. The van der Waals surface area contributed by atoms with Crippen molar-refractivity contribution in [2.24, 2.45) is 0 Å². The van der Waals surface area contributed by atoms with Crippen molar-refractivity contribution in [3.8, 4) is 0 Å². The quantitative estimate of drug-likeness (QED) is 0.834. The molecule has 94 valence electrons. The second-order valence-corrected chi connectivity index (χ2v) is 4.68. The summed E-state index contributed by atoms with van der Waals surface area (Å²) in [6.45, 7) is 1.85. The number of hydrogen-bond acceptors (Lipinski definition) is 2. The molecule has 0 aromatic heterocycles. The molecule has 0 bridgehead atoms. The van der Waals surface area contributed by atoms with Gasteiger partial charge in [0.05, 0.1) is 11.6 Å². The van der Waals surface area contributed by atoms with Gasteiger partial charge in [0.15, 0.2) is 5.78 Å². The highest BCUT2D eigenvalue weighted by Crippen LogP contribution is 2.35. The maximum Gasteiger partial charge on any atom is 0.231 e. The van der Waals surface area contributed by atoms with Crippen molar-refractivity contribution >= 4 is 17.4 Å². The fourth-order valence-electron chi connectivity index (χ4n) is 2.38. The molecule has 0 saturated carbocycles. The number of benzene rings is 2. The molecule has 1 aliphatic rings. The van der Waals surface area contributed by atoms with Crippen molar-refractivity contribution < 1.29 is 9.59 Å². The SMILES string of the molecule is CC1C(=O)Nc2c(C(=O)c3ccccc3)cccc21. The van der Waals surface area contributed by atoms with Crippen molar-refractivity contribution in [1.82, 2.24) is 0 Å². The van der Waals surface area contributed by atoms with Gasteiger partial charge < -0.3 is 5.32 Å². The van der Waals surface area contributed by atoms with Crippen molar-refractivity contribution in [2.45, 2.75) is 12.8 Å². The molecule has 3 rings (SSSR count). The first-order valence-corrected chi connectivity index (χ1v) is 6.22. The molecule has 3 nitrogen and oxygen atoms in total. The van der Waals surface area contributed by atoms with Crippen LogP contribution in [0.15, 0.2) is 48.5 Å². The van der Waals surface area contributed by atoms with E-state index >= 15 is 0 Å². The number of fused-ring (bicyclic) bond motifs is 1. The van der Waals surface area contributed by atoms with E-state index in [-0.39, 0.29) is 17.6 Å². The van der Waals surface area contributed by atoms with E-state index in [0.29, 0.717) is 16.8 Å². The van der Waals surface area contributed by atoms with Crippen molar-refractivity contribution in [3.05, 3.63) is 65.2 Å². The van der Waals surface area contributed by atoms with E-state index in [9.17, 15) is 9.59 Å². The first-order chi connectivity index (χ1) is 9.18. The van der Waals surface area contributed by atoms with Crippen LogP contribution in [-0.4, -0.2) is 11.7 Å². The summed E-state index contributed by atoms with van der Waals surface area (Å²) >= 11 is 0. The van der Waals surface area contributed by atoms with Gasteiger partial charge in [0.2, 0.25) is 5.91 Å². The average molecular weight is 251 g/mol. The van der Waals surface area contributed by atoms with E-state index in [1.54, 1.807) is 18.2 Å². The van der Waals surface area contributed by atoms with Crippen LogP contribution in [0.4, 0.5) is 5.69 Å². The predicted octanol–water partition coefficient (Wildman–Crippen LogP) is 2.97. The van der Waals surface area contributed by atoms with E-state index < -0.39 is 0 Å². The minimum atomic E-state index is -0.196. The minimum Gasteiger partial charge on any atom is -0.325 e. The summed E-state index contributed by atoms with van der Waals surface area (Å²) in [6, 6.07) is 14.6. The summed E-state index contributed by atoms with van der Waals surface area (Å²) in [5, 5.41) is 2.81. The zero-order chi connectivity index (χ0) is 13.4. The predicted molar refractivity (Wildman–Crippen MR) is 73.4 cm³/mol. The maximum atomic E-state index is 12.5. The molecule has 0 aliphatic carbocycles. The second kappa shape index (κ2) is 4.35. The molecule has 1 unspecified atom stereocenters. The van der Waals surface area contributed by atoms with Crippen LogP contribution in [0.3, 0.4) is 0 Å². The number of nitrogens with one attached hydrogen (secondary N) is 1.